The van der Waals surface area contributed by atoms with Crippen molar-refractivity contribution in [1.29, 1.82) is 0 Å². The third-order valence-electron chi connectivity index (χ3n) is 14.6. The standard InChI is InChI=1S/C43H74O7/c1-7-8-9-10-11-12-13-17-37(44)48-27-36-38(45)39(46)40(47)41(50-36)49-31-22-24-42(5)30(26-31)18-19-32-34-21-20-33(29(4)16-14-15-28(2)3)43(34,6)25-23-35(32)42/h18,28-29,31-36,38-41,45-47H,7-17,19-27H2,1-6H3. The van der Waals surface area contributed by atoms with Crippen LogP contribution in [0.4, 0.5) is 0 Å². The number of hydrogen-bond acceptors (Lipinski definition) is 7. The van der Waals surface area contributed by atoms with Crippen LogP contribution in [0, 0.1) is 46.3 Å². The van der Waals surface area contributed by atoms with Crippen molar-refractivity contribution in [3.63, 3.8) is 0 Å². The van der Waals surface area contributed by atoms with E-state index in [0.717, 1.165) is 74.5 Å². The molecule has 0 amide bonds. The Labute approximate surface area is 304 Å². The molecule has 3 N–H and O–H groups in total. The SMILES string of the molecule is CCCCCCCCCC(=O)OCC1OC(OC2CCC3(C)C(=CCC4C3CCC3(C)C(C(C)CCCC(C)C)CCC43)C2)C(O)C(O)C1O. The predicted octanol–water partition coefficient (Wildman–Crippen LogP) is 8.90. The van der Waals surface area contributed by atoms with Gasteiger partial charge in [0.25, 0.3) is 0 Å². The summed E-state index contributed by atoms with van der Waals surface area (Å²) in [6.45, 7) is 14.4. The first-order chi connectivity index (χ1) is 23.9. The van der Waals surface area contributed by atoms with Crippen LogP contribution in [0.2, 0.25) is 0 Å². The Morgan fingerprint density at radius 2 is 1.62 bits per heavy atom. The molecule has 0 aromatic rings. The van der Waals surface area contributed by atoms with Gasteiger partial charge in [0, 0.05) is 6.42 Å². The van der Waals surface area contributed by atoms with E-state index in [1.54, 1.807) is 0 Å². The smallest absolute Gasteiger partial charge is 0.305 e. The summed E-state index contributed by atoms with van der Waals surface area (Å²) in [5, 5.41) is 32.2. The summed E-state index contributed by atoms with van der Waals surface area (Å²) in [6.07, 6.45) is 17.8. The van der Waals surface area contributed by atoms with Crippen molar-refractivity contribution < 1.29 is 34.3 Å². The first kappa shape index (κ1) is 40.2. The fourth-order valence-electron chi connectivity index (χ4n) is 11.6. The molecule has 1 heterocycles. The summed E-state index contributed by atoms with van der Waals surface area (Å²) in [4.78, 5) is 12.4. The lowest BCUT2D eigenvalue weighted by molar-refractivity contribution is -0.313. The minimum atomic E-state index is -1.44. The zero-order valence-electron chi connectivity index (χ0n) is 32.6. The quantitative estimate of drug-likeness (QED) is 0.0790. The summed E-state index contributed by atoms with van der Waals surface area (Å²) in [7, 11) is 0. The van der Waals surface area contributed by atoms with Crippen LogP contribution >= 0.6 is 0 Å². The van der Waals surface area contributed by atoms with Crippen molar-refractivity contribution in [3.05, 3.63) is 11.6 Å². The molecule has 5 aliphatic rings. The monoisotopic (exact) mass is 703 g/mol. The molecule has 13 unspecified atom stereocenters. The van der Waals surface area contributed by atoms with Gasteiger partial charge in [0.2, 0.25) is 0 Å². The average molecular weight is 703 g/mol. The summed E-state index contributed by atoms with van der Waals surface area (Å²) >= 11 is 0. The molecule has 0 bridgehead atoms. The van der Waals surface area contributed by atoms with Gasteiger partial charge in [0.15, 0.2) is 6.29 Å². The third-order valence-corrected chi connectivity index (χ3v) is 14.6. The number of carbonyl (C=O) groups is 1. The summed E-state index contributed by atoms with van der Waals surface area (Å²) in [5.41, 5.74) is 2.15. The van der Waals surface area contributed by atoms with Gasteiger partial charge in [-0.25, -0.2) is 0 Å². The Balaban J connectivity index is 1.13. The van der Waals surface area contributed by atoms with E-state index in [-0.39, 0.29) is 24.1 Å². The fraction of sp³-hybridized carbons (Fsp3) is 0.930. The Morgan fingerprint density at radius 3 is 2.36 bits per heavy atom. The number of aliphatic hydroxyl groups is 3. The molecule has 3 saturated carbocycles. The van der Waals surface area contributed by atoms with E-state index in [4.69, 9.17) is 14.2 Å². The number of aliphatic hydroxyl groups excluding tert-OH is 3. The van der Waals surface area contributed by atoms with Crippen LogP contribution in [0.15, 0.2) is 11.6 Å². The molecule has 288 valence electrons. The van der Waals surface area contributed by atoms with E-state index >= 15 is 0 Å². The molecule has 7 heteroatoms. The van der Waals surface area contributed by atoms with E-state index in [9.17, 15) is 20.1 Å². The van der Waals surface area contributed by atoms with Crippen molar-refractivity contribution in [3.8, 4) is 0 Å². The number of fused-ring (bicyclic) bond motifs is 5. The molecule has 1 saturated heterocycles. The molecule has 0 radical (unpaired) electrons. The maximum atomic E-state index is 12.4. The molecular weight excluding hydrogens is 628 g/mol. The normalized spacial score (nSPS) is 40.5. The van der Waals surface area contributed by atoms with E-state index < -0.39 is 30.7 Å². The van der Waals surface area contributed by atoms with Crippen LogP contribution in [0.25, 0.3) is 0 Å². The highest BCUT2D eigenvalue weighted by Gasteiger charge is 2.59. The Morgan fingerprint density at radius 1 is 0.880 bits per heavy atom. The highest BCUT2D eigenvalue weighted by Crippen LogP contribution is 2.67. The molecule has 7 nitrogen and oxygen atoms in total. The summed E-state index contributed by atoms with van der Waals surface area (Å²) < 4.78 is 17.9. The second kappa shape index (κ2) is 17.9. The largest absolute Gasteiger partial charge is 0.463 e. The van der Waals surface area contributed by atoms with Crippen LogP contribution in [0.3, 0.4) is 0 Å². The van der Waals surface area contributed by atoms with Gasteiger partial charge < -0.3 is 29.5 Å². The van der Waals surface area contributed by atoms with Crippen LogP contribution < -0.4 is 0 Å². The zero-order valence-corrected chi connectivity index (χ0v) is 32.6. The van der Waals surface area contributed by atoms with Crippen LogP contribution in [0.1, 0.15) is 164 Å². The molecule has 0 aromatic heterocycles. The molecule has 13 atom stereocenters. The first-order valence-electron chi connectivity index (χ1n) is 21.1. The zero-order chi connectivity index (χ0) is 36.1. The second-order valence-corrected chi connectivity index (χ2v) is 18.4. The summed E-state index contributed by atoms with van der Waals surface area (Å²) in [6, 6.07) is 0. The lowest BCUT2D eigenvalue weighted by Crippen LogP contribution is -2.60. The number of allylic oxidation sites excluding steroid dienone is 1. The Bertz CT molecular complexity index is 1110. The highest BCUT2D eigenvalue weighted by molar-refractivity contribution is 5.69. The minimum absolute atomic E-state index is 0.134. The van der Waals surface area contributed by atoms with Gasteiger partial charge in [-0.1, -0.05) is 111 Å². The first-order valence-corrected chi connectivity index (χ1v) is 21.1. The highest BCUT2D eigenvalue weighted by atomic mass is 16.7. The molecule has 0 aromatic carbocycles. The topological polar surface area (TPSA) is 105 Å². The number of rotatable bonds is 17. The Kier molecular flexibility index (Phi) is 14.4. The average Bonchev–Trinajstić information content (AvgIpc) is 3.44. The molecular formula is C43H74O7. The second-order valence-electron chi connectivity index (χ2n) is 18.4. The predicted molar refractivity (Wildman–Crippen MR) is 198 cm³/mol. The van der Waals surface area contributed by atoms with Crippen molar-refractivity contribution in [2.75, 3.05) is 6.61 Å². The van der Waals surface area contributed by atoms with E-state index in [1.165, 1.54) is 76.2 Å². The molecule has 1 aliphatic heterocycles. The van der Waals surface area contributed by atoms with E-state index in [1.807, 2.05) is 0 Å². The van der Waals surface area contributed by atoms with Gasteiger partial charge in [0.05, 0.1) is 6.10 Å². The van der Waals surface area contributed by atoms with Gasteiger partial charge >= 0.3 is 5.97 Å². The Hall–Kier alpha value is -0.990. The molecule has 4 aliphatic carbocycles. The van der Waals surface area contributed by atoms with Crippen molar-refractivity contribution in [2.45, 2.75) is 200 Å². The van der Waals surface area contributed by atoms with Crippen LogP contribution in [-0.2, 0) is 19.0 Å². The van der Waals surface area contributed by atoms with E-state index in [0.29, 0.717) is 17.8 Å². The van der Waals surface area contributed by atoms with E-state index in [2.05, 4.69) is 47.6 Å². The van der Waals surface area contributed by atoms with Gasteiger partial charge in [-0.15, -0.1) is 0 Å². The number of ether oxygens (including phenoxy) is 3. The fourth-order valence-corrected chi connectivity index (χ4v) is 11.6. The summed E-state index contributed by atoms with van der Waals surface area (Å²) in [5.74, 6) is 4.45. The van der Waals surface area contributed by atoms with Crippen LogP contribution in [-0.4, -0.2) is 64.7 Å². The maximum absolute atomic E-state index is 12.4. The molecule has 4 fully saturated rings. The van der Waals surface area contributed by atoms with Gasteiger partial charge in [-0.2, -0.15) is 0 Å². The van der Waals surface area contributed by atoms with Crippen molar-refractivity contribution in [2.24, 2.45) is 46.3 Å². The minimum Gasteiger partial charge on any atom is -0.463 e. The van der Waals surface area contributed by atoms with Crippen molar-refractivity contribution >= 4 is 5.97 Å². The lowest BCUT2D eigenvalue weighted by atomic mass is 9.47. The lowest BCUT2D eigenvalue weighted by Gasteiger charge is -2.58. The maximum Gasteiger partial charge on any atom is 0.305 e. The van der Waals surface area contributed by atoms with Gasteiger partial charge in [-0.3, -0.25) is 4.79 Å². The number of hydrogen-bond donors (Lipinski definition) is 3. The molecule has 50 heavy (non-hydrogen) atoms. The van der Waals surface area contributed by atoms with Gasteiger partial charge in [0.1, 0.15) is 31.0 Å². The van der Waals surface area contributed by atoms with Crippen molar-refractivity contribution in [1.82, 2.24) is 0 Å². The number of unbranched alkanes of at least 4 members (excludes halogenated alkanes) is 6. The number of carbonyl (C=O) groups excluding carboxylic acids is 1. The van der Waals surface area contributed by atoms with Crippen LogP contribution in [0.5, 0.6) is 0 Å². The third kappa shape index (κ3) is 9.02. The number of esters is 1. The molecule has 0 spiro atoms. The molecule has 5 rings (SSSR count). The van der Waals surface area contributed by atoms with Gasteiger partial charge in [-0.05, 0) is 104 Å².